The fourth-order valence-electron chi connectivity index (χ4n) is 1.56. The number of imidazole rings is 1. The van der Waals surface area contributed by atoms with E-state index in [2.05, 4.69) is 4.98 Å². The van der Waals surface area contributed by atoms with Crippen LogP contribution in [0.15, 0.2) is 36.7 Å². The van der Waals surface area contributed by atoms with Gasteiger partial charge >= 0.3 is 5.97 Å². The van der Waals surface area contributed by atoms with Crippen LogP contribution in [-0.2, 0) is 6.54 Å². The van der Waals surface area contributed by atoms with Gasteiger partial charge in [-0.15, -0.1) is 12.4 Å². The first-order valence-electron chi connectivity index (χ1n) is 5.08. The third kappa shape index (κ3) is 3.97. The van der Waals surface area contributed by atoms with Crippen LogP contribution < -0.4 is 4.74 Å². The summed E-state index contributed by atoms with van der Waals surface area (Å²) in [6.07, 6.45) is 3.13. The summed E-state index contributed by atoms with van der Waals surface area (Å²) >= 11 is 0. The molecule has 0 unspecified atom stereocenters. The number of aromatic carboxylic acids is 1. The van der Waals surface area contributed by atoms with Gasteiger partial charge in [0.05, 0.1) is 7.11 Å². The van der Waals surface area contributed by atoms with Crippen molar-refractivity contribution in [1.29, 1.82) is 0 Å². The lowest BCUT2D eigenvalue weighted by atomic mass is 10.2. The number of benzene rings is 1. The Labute approximate surface area is 116 Å². The third-order valence-corrected chi connectivity index (χ3v) is 2.42. The monoisotopic (exact) mass is 286 g/mol. The zero-order valence-electron chi connectivity index (χ0n) is 10.2. The van der Waals surface area contributed by atoms with E-state index in [1.807, 2.05) is 24.3 Å². The van der Waals surface area contributed by atoms with E-state index in [4.69, 9.17) is 9.84 Å². The van der Waals surface area contributed by atoms with E-state index < -0.39 is 5.97 Å². The number of nitrogens with zero attached hydrogens (tertiary/aromatic N) is 2. The van der Waals surface area contributed by atoms with Gasteiger partial charge in [-0.2, -0.15) is 0 Å². The average Bonchev–Trinajstić information content (AvgIpc) is 2.78. The minimum absolute atomic E-state index is 0. The Morgan fingerprint density at radius 3 is 2.53 bits per heavy atom. The second-order valence-electron chi connectivity index (χ2n) is 3.53. The number of carboxylic acids is 1. The molecule has 0 aliphatic rings. The normalized spacial score (nSPS) is 9.11. The minimum Gasteiger partial charge on any atom is -0.497 e. The van der Waals surface area contributed by atoms with Crippen LogP contribution in [-0.4, -0.2) is 33.2 Å². The first-order valence-corrected chi connectivity index (χ1v) is 5.08. The minimum atomic E-state index is -1.02. The topological polar surface area (TPSA) is 95.9 Å². The zero-order valence-corrected chi connectivity index (χ0v) is 11.1. The highest BCUT2D eigenvalue weighted by atomic mass is 35.5. The highest BCUT2D eigenvalue weighted by molar-refractivity contribution is 5.85. The summed E-state index contributed by atoms with van der Waals surface area (Å²) in [5, 5.41) is 8.91. The number of aromatic nitrogens is 2. The maximum absolute atomic E-state index is 10.9. The maximum atomic E-state index is 10.9. The first-order chi connectivity index (χ1) is 8.20. The molecule has 0 aliphatic heterocycles. The molecule has 3 N–H and O–H groups in total. The van der Waals surface area contributed by atoms with Crippen LogP contribution >= 0.6 is 12.4 Å². The third-order valence-electron chi connectivity index (χ3n) is 2.42. The Balaban J connectivity index is 0.00000162. The molecule has 0 saturated heterocycles. The fraction of sp³-hybridized carbons (Fsp3) is 0.167. The molecule has 0 radical (unpaired) electrons. The largest absolute Gasteiger partial charge is 0.497 e. The van der Waals surface area contributed by atoms with Gasteiger partial charge in [0, 0.05) is 18.9 Å². The van der Waals surface area contributed by atoms with Crippen molar-refractivity contribution in [2.24, 2.45) is 0 Å². The Bertz CT molecular complexity index is 525. The number of halogens is 1. The molecule has 1 aromatic carbocycles. The van der Waals surface area contributed by atoms with Crippen LogP contribution in [0.3, 0.4) is 0 Å². The SMILES string of the molecule is COc1ccc(Cn2ccnc2C(=O)O)cc1.Cl.O. The molecule has 0 atom stereocenters. The molecule has 0 fully saturated rings. The number of rotatable bonds is 4. The van der Waals surface area contributed by atoms with Crippen molar-refractivity contribution in [1.82, 2.24) is 9.55 Å². The molecule has 104 valence electrons. The van der Waals surface area contributed by atoms with E-state index in [-0.39, 0.29) is 23.7 Å². The predicted octanol–water partition coefficient (Wildman–Crippen LogP) is 1.24. The highest BCUT2D eigenvalue weighted by Gasteiger charge is 2.10. The van der Waals surface area contributed by atoms with E-state index in [1.165, 1.54) is 6.20 Å². The summed E-state index contributed by atoms with van der Waals surface area (Å²) < 4.78 is 6.64. The standard InChI is InChI=1S/C12H12N2O3.ClH.H2O/c1-17-10-4-2-9(3-5-10)8-14-7-6-13-11(14)12(15)16;;/h2-7H,8H2,1H3,(H,15,16);1H;1H2. The Morgan fingerprint density at radius 1 is 1.37 bits per heavy atom. The molecule has 1 heterocycles. The van der Waals surface area contributed by atoms with Crippen molar-refractivity contribution in [3.63, 3.8) is 0 Å². The lowest BCUT2D eigenvalue weighted by Crippen LogP contribution is -2.09. The molecule has 1 aromatic heterocycles. The van der Waals surface area contributed by atoms with Gasteiger partial charge in [-0.3, -0.25) is 0 Å². The second-order valence-corrected chi connectivity index (χ2v) is 3.53. The summed E-state index contributed by atoms with van der Waals surface area (Å²) in [5.41, 5.74) is 0.992. The van der Waals surface area contributed by atoms with Crippen molar-refractivity contribution in [2.75, 3.05) is 7.11 Å². The van der Waals surface area contributed by atoms with Crippen molar-refractivity contribution >= 4 is 18.4 Å². The van der Waals surface area contributed by atoms with Gasteiger partial charge < -0.3 is 19.9 Å². The average molecular weight is 287 g/mol. The second kappa shape index (κ2) is 7.40. The van der Waals surface area contributed by atoms with Crippen LogP contribution in [0.5, 0.6) is 5.75 Å². The van der Waals surface area contributed by atoms with Crippen LogP contribution in [0.2, 0.25) is 0 Å². The summed E-state index contributed by atoms with van der Waals surface area (Å²) in [6.45, 7) is 0.478. The van der Waals surface area contributed by atoms with E-state index >= 15 is 0 Å². The number of hydrogen-bond donors (Lipinski definition) is 1. The van der Waals surface area contributed by atoms with Crippen molar-refractivity contribution in [3.05, 3.63) is 48.0 Å². The van der Waals surface area contributed by atoms with E-state index in [0.717, 1.165) is 11.3 Å². The van der Waals surface area contributed by atoms with E-state index in [1.54, 1.807) is 17.9 Å². The van der Waals surface area contributed by atoms with Crippen molar-refractivity contribution in [2.45, 2.75) is 6.54 Å². The van der Waals surface area contributed by atoms with E-state index in [0.29, 0.717) is 6.54 Å². The Hall–Kier alpha value is -2.05. The summed E-state index contributed by atoms with van der Waals surface area (Å²) in [7, 11) is 1.60. The van der Waals surface area contributed by atoms with Gasteiger partial charge in [0.1, 0.15) is 5.75 Å². The number of carboxylic acid groups (broad SMARTS) is 1. The summed E-state index contributed by atoms with van der Waals surface area (Å²) in [6, 6.07) is 7.47. The molecular formula is C12H15ClN2O4. The first kappa shape index (κ1) is 16.9. The summed E-state index contributed by atoms with van der Waals surface area (Å²) in [4.78, 5) is 14.7. The molecule has 2 aromatic rings. The number of ether oxygens (including phenoxy) is 1. The smallest absolute Gasteiger partial charge is 0.372 e. The molecule has 0 saturated carbocycles. The summed E-state index contributed by atoms with van der Waals surface area (Å²) in [5.74, 6) is -0.206. The Kier molecular flexibility index (Phi) is 6.60. The van der Waals surface area contributed by atoms with Gasteiger partial charge in [-0.1, -0.05) is 12.1 Å². The van der Waals surface area contributed by atoms with Gasteiger partial charge in [-0.25, -0.2) is 9.78 Å². The lowest BCUT2D eigenvalue weighted by molar-refractivity contribution is 0.0679. The van der Waals surface area contributed by atoms with E-state index in [9.17, 15) is 4.79 Å². The lowest BCUT2D eigenvalue weighted by Gasteiger charge is -2.06. The van der Waals surface area contributed by atoms with Gasteiger partial charge in [0.2, 0.25) is 5.82 Å². The van der Waals surface area contributed by atoms with Crippen molar-refractivity contribution in [3.8, 4) is 5.75 Å². The molecular weight excluding hydrogens is 272 g/mol. The molecule has 2 rings (SSSR count). The maximum Gasteiger partial charge on any atom is 0.372 e. The molecule has 0 amide bonds. The van der Waals surface area contributed by atoms with Gasteiger partial charge in [0.15, 0.2) is 0 Å². The molecule has 6 nitrogen and oxygen atoms in total. The molecule has 0 aliphatic carbocycles. The van der Waals surface area contributed by atoms with Crippen LogP contribution in [0.25, 0.3) is 0 Å². The number of carbonyl (C=O) groups is 1. The number of methoxy groups -OCH3 is 1. The highest BCUT2D eigenvalue weighted by Crippen LogP contribution is 2.13. The van der Waals surface area contributed by atoms with Crippen LogP contribution in [0, 0.1) is 0 Å². The quantitative estimate of drug-likeness (QED) is 0.914. The zero-order chi connectivity index (χ0) is 12.3. The molecule has 7 heteroatoms. The van der Waals surface area contributed by atoms with Crippen LogP contribution in [0.1, 0.15) is 16.2 Å². The number of hydrogen-bond acceptors (Lipinski definition) is 3. The van der Waals surface area contributed by atoms with Gasteiger partial charge in [-0.05, 0) is 17.7 Å². The van der Waals surface area contributed by atoms with Gasteiger partial charge in [0.25, 0.3) is 0 Å². The van der Waals surface area contributed by atoms with Crippen LogP contribution in [0.4, 0.5) is 0 Å². The predicted molar refractivity (Wildman–Crippen MR) is 72.1 cm³/mol. The molecule has 0 bridgehead atoms. The fourth-order valence-corrected chi connectivity index (χ4v) is 1.56. The molecule has 19 heavy (non-hydrogen) atoms. The Morgan fingerprint density at radius 2 is 2.00 bits per heavy atom. The van der Waals surface area contributed by atoms with Crippen molar-refractivity contribution < 1.29 is 20.1 Å². The molecule has 0 spiro atoms.